The molecule has 1 aliphatic rings. The first-order valence-corrected chi connectivity index (χ1v) is 7.66. The van der Waals surface area contributed by atoms with E-state index in [0.717, 1.165) is 29.7 Å². The zero-order valence-corrected chi connectivity index (χ0v) is 12.7. The van der Waals surface area contributed by atoms with Crippen molar-refractivity contribution >= 4 is 0 Å². The molecule has 106 valence electrons. The normalized spacial score (nSPS) is 23.2. The van der Waals surface area contributed by atoms with Crippen LogP contribution in [-0.4, -0.2) is 16.0 Å². The maximum absolute atomic E-state index is 4.78. The summed E-state index contributed by atoms with van der Waals surface area (Å²) in [5.74, 6) is 2.55. The van der Waals surface area contributed by atoms with E-state index in [1.54, 1.807) is 0 Å². The third-order valence-corrected chi connectivity index (χ3v) is 4.10. The third kappa shape index (κ3) is 4.00. The average molecular weight is 261 g/mol. The Labute approximate surface area is 117 Å². The van der Waals surface area contributed by atoms with E-state index in [-0.39, 0.29) is 0 Å². The highest BCUT2D eigenvalue weighted by Crippen LogP contribution is 2.38. The minimum atomic E-state index is 0.495. The number of nitrogens with zero attached hydrogens (tertiary/aromatic N) is 2. The SMILES string of the molecule is CCC1CCC(c2nc(C)cc(CNC(C)C)n2)C1. The van der Waals surface area contributed by atoms with Gasteiger partial charge in [0.05, 0.1) is 5.69 Å². The van der Waals surface area contributed by atoms with E-state index in [9.17, 15) is 0 Å². The third-order valence-electron chi connectivity index (χ3n) is 4.10. The molecular formula is C16H27N3. The molecule has 19 heavy (non-hydrogen) atoms. The molecule has 1 aliphatic carbocycles. The van der Waals surface area contributed by atoms with E-state index in [2.05, 4.69) is 44.1 Å². The molecule has 1 aromatic heterocycles. The quantitative estimate of drug-likeness (QED) is 0.880. The van der Waals surface area contributed by atoms with Gasteiger partial charge >= 0.3 is 0 Å². The van der Waals surface area contributed by atoms with Crippen molar-refractivity contribution in [3.05, 3.63) is 23.3 Å². The topological polar surface area (TPSA) is 37.8 Å². The number of rotatable bonds is 5. The average Bonchev–Trinajstić information content (AvgIpc) is 2.84. The van der Waals surface area contributed by atoms with Crippen LogP contribution in [0, 0.1) is 12.8 Å². The maximum atomic E-state index is 4.78. The van der Waals surface area contributed by atoms with Crippen LogP contribution in [-0.2, 0) is 6.54 Å². The van der Waals surface area contributed by atoms with E-state index in [1.807, 2.05) is 0 Å². The van der Waals surface area contributed by atoms with Crippen molar-refractivity contribution in [3.63, 3.8) is 0 Å². The standard InChI is InChI=1S/C16H27N3/c1-5-13-6-7-14(9-13)16-18-12(4)8-15(19-16)10-17-11(2)3/h8,11,13-14,17H,5-7,9-10H2,1-4H3. The molecule has 3 nitrogen and oxygen atoms in total. The summed E-state index contributed by atoms with van der Waals surface area (Å²) in [4.78, 5) is 9.46. The van der Waals surface area contributed by atoms with Crippen LogP contribution in [0.2, 0.25) is 0 Å². The van der Waals surface area contributed by atoms with Crippen molar-refractivity contribution in [2.24, 2.45) is 5.92 Å². The van der Waals surface area contributed by atoms with Crippen LogP contribution in [0.25, 0.3) is 0 Å². The lowest BCUT2D eigenvalue weighted by molar-refractivity contribution is 0.514. The molecule has 1 saturated carbocycles. The molecule has 0 aliphatic heterocycles. The van der Waals surface area contributed by atoms with Gasteiger partial charge in [-0.3, -0.25) is 0 Å². The number of hydrogen-bond acceptors (Lipinski definition) is 3. The highest BCUT2D eigenvalue weighted by atomic mass is 15.0. The fourth-order valence-corrected chi connectivity index (χ4v) is 2.92. The summed E-state index contributed by atoms with van der Waals surface area (Å²) < 4.78 is 0. The summed E-state index contributed by atoms with van der Waals surface area (Å²) in [5, 5.41) is 3.44. The monoisotopic (exact) mass is 261 g/mol. The minimum Gasteiger partial charge on any atom is -0.309 e. The maximum Gasteiger partial charge on any atom is 0.131 e. The summed E-state index contributed by atoms with van der Waals surface area (Å²) in [6, 6.07) is 2.60. The zero-order chi connectivity index (χ0) is 13.8. The van der Waals surface area contributed by atoms with Gasteiger partial charge < -0.3 is 5.32 Å². The van der Waals surface area contributed by atoms with Crippen molar-refractivity contribution < 1.29 is 0 Å². The number of aromatic nitrogens is 2. The van der Waals surface area contributed by atoms with Gasteiger partial charge in [0.25, 0.3) is 0 Å². The first-order valence-electron chi connectivity index (χ1n) is 7.66. The second-order valence-corrected chi connectivity index (χ2v) is 6.18. The molecule has 0 bridgehead atoms. The van der Waals surface area contributed by atoms with Crippen LogP contribution in [0.1, 0.15) is 69.6 Å². The lowest BCUT2D eigenvalue weighted by Crippen LogP contribution is -2.23. The van der Waals surface area contributed by atoms with Crippen LogP contribution in [0.15, 0.2) is 6.07 Å². The molecule has 0 radical (unpaired) electrons. The number of aryl methyl sites for hydroxylation is 1. The zero-order valence-electron chi connectivity index (χ0n) is 12.7. The molecule has 0 aromatic carbocycles. The Morgan fingerprint density at radius 3 is 2.74 bits per heavy atom. The van der Waals surface area contributed by atoms with Crippen LogP contribution in [0.4, 0.5) is 0 Å². The van der Waals surface area contributed by atoms with Gasteiger partial charge in [-0.05, 0) is 38.2 Å². The summed E-state index contributed by atoms with van der Waals surface area (Å²) in [5.41, 5.74) is 2.24. The highest BCUT2D eigenvalue weighted by Gasteiger charge is 2.26. The van der Waals surface area contributed by atoms with Crippen LogP contribution in [0.3, 0.4) is 0 Å². The Balaban J connectivity index is 2.08. The minimum absolute atomic E-state index is 0.495. The molecule has 2 atom stereocenters. The van der Waals surface area contributed by atoms with E-state index >= 15 is 0 Å². The highest BCUT2D eigenvalue weighted by molar-refractivity contribution is 5.13. The predicted octanol–water partition coefficient (Wildman–Crippen LogP) is 3.58. The molecule has 1 aromatic rings. The molecule has 0 spiro atoms. The molecule has 2 rings (SSSR count). The van der Waals surface area contributed by atoms with Crippen molar-refractivity contribution in [3.8, 4) is 0 Å². The van der Waals surface area contributed by atoms with Crippen molar-refractivity contribution in [2.45, 2.75) is 71.9 Å². The van der Waals surface area contributed by atoms with Gasteiger partial charge in [-0.25, -0.2) is 9.97 Å². The summed E-state index contributed by atoms with van der Waals surface area (Å²) >= 11 is 0. The van der Waals surface area contributed by atoms with Gasteiger partial charge in [0.2, 0.25) is 0 Å². The van der Waals surface area contributed by atoms with Gasteiger partial charge in [0, 0.05) is 24.2 Å². The number of nitrogens with one attached hydrogen (secondary N) is 1. The molecule has 2 unspecified atom stereocenters. The summed E-state index contributed by atoms with van der Waals surface area (Å²) in [6.07, 6.45) is 5.18. The van der Waals surface area contributed by atoms with Crippen molar-refractivity contribution in [2.75, 3.05) is 0 Å². The summed E-state index contributed by atoms with van der Waals surface area (Å²) in [6.45, 7) is 9.55. The Morgan fingerprint density at radius 2 is 2.11 bits per heavy atom. The Kier molecular flexibility index (Phi) is 4.92. The smallest absolute Gasteiger partial charge is 0.131 e. The van der Waals surface area contributed by atoms with Crippen LogP contribution < -0.4 is 5.32 Å². The van der Waals surface area contributed by atoms with E-state index in [1.165, 1.54) is 25.7 Å². The van der Waals surface area contributed by atoms with E-state index < -0.39 is 0 Å². The van der Waals surface area contributed by atoms with Crippen molar-refractivity contribution in [1.29, 1.82) is 0 Å². The van der Waals surface area contributed by atoms with Gasteiger partial charge in [-0.2, -0.15) is 0 Å². The number of hydrogen-bond donors (Lipinski definition) is 1. The Hall–Kier alpha value is -0.960. The van der Waals surface area contributed by atoms with Crippen LogP contribution in [0.5, 0.6) is 0 Å². The fraction of sp³-hybridized carbons (Fsp3) is 0.750. The molecule has 1 fully saturated rings. The largest absolute Gasteiger partial charge is 0.309 e. The molecule has 3 heteroatoms. The van der Waals surface area contributed by atoms with Gasteiger partial charge in [0.1, 0.15) is 5.82 Å². The fourth-order valence-electron chi connectivity index (χ4n) is 2.92. The second kappa shape index (κ2) is 6.47. The lowest BCUT2D eigenvalue weighted by atomic mass is 10.0. The van der Waals surface area contributed by atoms with E-state index in [0.29, 0.717) is 12.0 Å². The van der Waals surface area contributed by atoms with Gasteiger partial charge in [-0.1, -0.05) is 27.2 Å². The molecular weight excluding hydrogens is 234 g/mol. The second-order valence-electron chi connectivity index (χ2n) is 6.18. The Morgan fingerprint density at radius 1 is 1.32 bits per heavy atom. The lowest BCUT2D eigenvalue weighted by Gasteiger charge is -2.13. The van der Waals surface area contributed by atoms with E-state index in [4.69, 9.17) is 4.98 Å². The first kappa shape index (κ1) is 14.4. The molecule has 0 saturated heterocycles. The van der Waals surface area contributed by atoms with Gasteiger partial charge in [0.15, 0.2) is 0 Å². The molecule has 1 heterocycles. The van der Waals surface area contributed by atoms with Crippen molar-refractivity contribution in [1.82, 2.24) is 15.3 Å². The molecule has 1 N–H and O–H groups in total. The molecule has 0 amide bonds. The van der Waals surface area contributed by atoms with Gasteiger partial charge in [-0.15, -0.1) is 0 Å². The Bertz CT molecular complexity index is 414. The van der Waals surface area contributed by atoms with Crippen LogP contribution >= 0.6 is 0 Å². The predicted molar refractivity (Wildman–Crippen MR) is 79.1 cm³/mol. The summed E-state index contributed by atoms with van der Waals surface area (Å²) in [7, 11) is 0. The first-order chi connectivity index (χ1) is 9.08.